The Kier molecular flexibility index (Phi) is 3.43. The molecule has 70 valence electrons. The predicted molar refractivity (Wildman–Crippen MR) is 48.1 cm³/mol. The summed E-state index contributed by atoms with van der Waals surface area (Å²) < 4.78 is 4.98. The summed E-state index contributed by atoms with van der Waals surface area (Å²) in [6, 6.07) is 0. The van der Waals surface area contributed by atoms with Crippen molar-refractivity contribution < 1.29 is 14.3 Å². The molecule has 0 aromatic carbocycles. The van der Waals surface area contributed by atoms with Gasteiger partial charge < -0.3 is 4.74 Å². The van der Waals surface area contributed by atoms with Crippen LogP contribution in [0.5, 0.6) is 0 Å². The summed E-state index contributed by atoms with van der Waals surface area (Å²) in [5.41, 5.74) is 0. The Hall–Kier alpha value is -1.38. The Labute approximate surface area is 77.1 Å². The number of rotatable bonds is 3. The highest BCUT2D eigenvalue weighted by Gasteiger charge is 2.13. The second kappa shape index (κ2) is 4.60. The minimum atomic E-state index is -0.299. The van der Waals surface area contributed by atoms with Gasteiger partial charge in [-0.1, -0.05) is 12.2 Å². The highest BCUT2D eigenvalue weighted by molar-refractivity contribution is 5.87. The van der Waals surface area contributed by atoms with Gasteiger partial charge in [0.1, 0.15) is 6.10 Å². The molecule has 0 bridgehead atoms. The van der Waals surface area contributed by atoms with Gasteiger partial charge in [-0.3, -0.25) is 4.79 Å². The number of carbonyl (C=O) groups is 2. The van der Waals surface area contributed by atoms with Crippen LogP contribution in [-0.2, 0) is 14.3 Å². The van der Waals surface area contributed by atoms with Crippen LogP contribution in [-0.4, -0.2) is 17.9 Å². The lowest BCUT2D eigenvalue weighted by atomic mass is 10.1. The molecule has 3 nitrogen and oxygen atoms in total. The molecule has 3 heteroatoms. The molecule has 0 N–H and O–H groups in total. The van der Waals surface area contributed by atoms with E-state index in [4.69, 9.17) is 4.74 Å². The maximum atomic E-state index is 10.8. The number of cyclic esters (lactones) is 1. The molecule has 0 spiro atoms. The first kappa shape index (κ1) is 9.71. The Morgan fingerprint density at radius 1 is 1.77 bits per heavy atom. The largest absolute Gasteiger partial charge is 0.459 e. The summed E-state index contributed by atoms with van der Waals surface area (Å²) in [6.07, 6.45) is 7.67. The van der Waals surface area contributed by atoms with Gasteiger partial charge in [-0.25, -0.2) is 4.79 Å². The van der Waals surface area contributed by atoms with Crippen molar-refractivity contribution >= 4 is 11.8 Å². The molecular formula is C10H12O3. The van der Waals surface area contributed by atoms with Gasteiger partial charge in [0.05, 0.1) is 0 Å². The third-order valence-electron chi connectivity index (χ3n) is 1.69. The molecule has 1 rings (SSSR count). The second-order valence-corrected chi connectivity index (χ2v) is 2.95. The number of carbonyl (C=O) groups excluding carboxylic acids is 2. The van der Waals surface area contributed by atoms with Crippen molar-refractivity contribution in [1.29, 1.82) is 0 Å². The number of esters is 1. The van der Waals surface area contributed by atoms with Gasteiger partial charge in [-0.2, -0.15) is 0 Å². The molecule has 0 aromatic heterocycles. The van der Waals surface area contributed by atoms with Crippen molar-refractivity contribution in [3.05, 3.63) is 24.3 Å². The van der Waals surface area contributed by atoms with E-state index in [0.29, 0.717) is 6.42 Å². The standard InChI is InChI=1S/C10H12O3/c1-8(11)4-2-5-9-6-3-7-10(12)13-9/h2-4,7,9H,5-6H2,1H3/b4-2+/t9-/m0/s1. The van der Waals surface area contributed by atoms with E-state index in [9.17, 15) is 9.59 Å². The van der Waals surface area contributed by atoms with Crippen LogP contribution < -0.4 is 0 Å². The zero-order chi connectivity index (χ0) is 9.68. The van der Waals surface area contributed by atoms with Gasteiger partial charge in [0.15, 0.2) is 5.78 Å². The van der Waals surface area contributed by atoms with Crippen LogP contribution in [0.25, 0.3) is 0 Å². The summed E-state index contributed by atoms with van der Waals surface area (Å²) in [4.78, 5) is 21.3. The average Bonchev–Trinajstić information content (AvgIpc) is 2.03. The van der Waals surface area contributed by atoms with Crippen LogP contribution in [0.15, 0.2) is 24.3 Å². The van der Waals surface area contributed by atoms with E-state index in [2.05, 4.69) is 0 Å². The number of ether oxygens (including phenoxy) is 1. The molecule has 0 saturated carbocycles. The summed E-state index contributed by atoms with van der Waals surface area (Å²) in [5, 5.41) is 0. The van der Waals surface area contributed by atoms with E-state index in [1.165, 1.54) is 19.1 Å². The van der Waals surface area contributed by atoms with E-state index in [1.54, 1.807) is 12.2 Å². The van der Waals surface area contributed by atoms with Crippen molar-refractivity contribution in [1.82, 2.24) is 0 Å². The molecule has 0 saturated heterocycles. The van der Waals surface area contributed by atoms with E-state index in [-0.39, 0.29) is 17.9 Å². The molecule has 0 radical (unpaired) electrons. The molecule has 1 aliphatic rings. The topological polar surface area (TPSA) is 43.4 Å². The van der Waals surface area contributed by atoms with Crippen molar-refractivity contribution in [3.8, 4) is 0 Å². The summed E-state index contributed by atoms with van der Waals surface area (Å²) >= 11 is 0. The number of allylic oxidation sites excluding steroid dienone is 1. The van der Waals surface area contributed by atoms with Gasteiger partial charge in [0.25, 0.3) is 0 Å². The molecule has 13 heavy (non-hydrogen) atoms. The molecule has 0 amide bonds. The highest BCUT2D eigenvalue weighted by Crippen LogP contribution is 2.11. The smallest absolute Gasteiger partial charge is 0.330 e. The SMILES string of the molecule is CC(=O)/C=C/C[C@H]1CC=CC(=O)O1. The minimum Gasteiger partial charge on any atom is -0.459 e. The van der Waals surface area contributed by atoms with Gasteiger partial charge in [-0.05, 0) is 13.0 Å². The molecule has 0 aliphatic carbocycles. The summed E-state index contributed by atoms with van der Waals surface area (Å²) in [5.74, 6) is -0.287. The second-order valence-electron chi connectivity index (χ2n) is 2.95. The third kappa shape index (κ3) is 3.69. The normalized spacial score (nSPS) is 21.9. The Morgan fingerprint density at radius 3 is 3.15 bits per heavy atom. The van der Waals surface area contributed by atoms with Gasteiger partial charge in [0, 0.05) is 18.9 Å². The van der Waals surface area contributed by atoms with Gasteiger partial charge in [-0.15, -0.1) is 0 Å². The molecule has 0 unspecified atom stereocenters. The van der Waals surface area contributed by atoms with Crippen molar-refractivity contribution in [3.63, 3.8) is 0 Å². The van der Waals surface area contributed by atoms with Crippen LogP contribution in [0.4, 0.5) is 0 Å². The minimum absolute atomic E-state index is 0.0117. The van der Waals surface area contributed by atoms with Gasteiger partial charge >= 0.3 is 5.97 Å². The molecule has 0 fully saturated rings. The van der Waals surface area contributed by atoms with E-state index in [0.717, 1.165) is 6.42 Å². The first-order valence-electron chi connectivity index (χ1n) is 4.23. The Bertz CT molecular complexity index is 263. The fourth-order valence-electron chi connectivity index (χ4n) is 1.10. The lowest BCUT2D eigenvalue weighted by Gasteiger charge is -2.16. The molecule has 1 atom stereocenters. The fourth-order valence-corrected chi connectivity index (χ4v) is 1.10. The third-order valence-corrected chi connectivity index (χ3v) is 1.69. The van der Waals surface area contributed by atoms with E-state index in [1.807, 2.05) is 0 Å². The molecule has 1 aliphatic heterocycles. The monoisotopic (exact) mass is 180 g/mol. The lowest BCUT2D eigenvalue weighted by Crippen LogP contribution is -2.18. The van der Waals surface area contributed by atoms with E-state index >= 15 is 0 Å². The van der Waals surface area contributed by atoms with Crippen molar-refractivity contribution in [2.24, 2.45) is 0 Å². The number of hydrogen-bond acceptors (Lipinski definition) is 3. The average molecular weight is 180 g/mol. The predicted octanol–water partition coefficient (Wildman–Crippen LogP) is 1.39. The van der Waals surface area contributed by atoms with Crippen LogP contribution >= 0.6 is 0 Å². The Morgan fingerprint density at radius 2 is 2.54 bits per heavy atom. The first-order chi connectivity index (χ1) is 6.18. The molecule has 0 aromatic rings. The lowest BCUT2D eigenvalue weighted by molar-refractivity contribution is -0.143. The quantitative estimate of drug-likeness (QED) is 0.487. The van der Waals surface area contributed by atoms with Crippen LogP contribution in [0.3, 0.4) is 0 Å². The van der Waals surface area contributed by atoms with Crippen LogP contribution in [0, 0.1) is 0 Å². The van der Waals surface area contributed by atoms with E-state index < -0.39 is 0 Å². The number of ketones is 1. The van der Waals surface area contributed by atoms with Crippen molar-refractivity contribution in [2.45, 2.75) is 25.9 Å². The molecule has 1 heterocycles. The van der Waals surface area contributed by atoms with Crippen LogP contribution in [0.2, 0.25) is 0 Å². The number of hydrogen-bond donors (Lipinski definition) is 0. The molecular weight excluding hydrogens is 168 g/mol. The first-order valence-corrected chi connectivity index (χ1v) is 4.23. The van der Waals surface area contributed by atoms with Crippen LogP contribution in [0.1, 0.15) is 19.8 Å². The zero-order valence-corrected chi connectivity index (χ0v) is 7.53. The maximum Gasteiger partial charge on any atom is 0.330 e. The highest BCUT2D eigenvalue weighted by atomic mass is 16.5. The maximum absolute atomic E-state index is 10.8. The summed E-state index contributed by atoms with van der Waals surface area (Å²) in [6.45, 7) is 1.49. The Balaban J connectivity index is 2.34. The van der Waals surface area contributed by atoms with Gasteiger partial charge in [0.2, 0.25) is 0 Å². The zero-order valence-electron chi connectivity index (χ0n) is 7.53. The van der Waals surface area contributed by atoms with Crippen molar-refractivity contribution in [2.75, 3.05) is 0 Å². The summed E-state index contributed by atoms with van der Waals surface area (Å²) in [7, 11) is 0. The fraction of sp³-hybridized carbons (Fsp3) is 0.400.